The third kappa shape index (κ3) is 3.72. The number of fused-ring (bicyclic) bond motifs is 8. The summed E-state index contributed by atoms with van der Waals surface area (Å²) in [5.41, 5.74) is 8.92. The smallest absolute Gasteiger partial charge is 0.269 e. The largest absolute Gasteiger partial charge is 0.355 e. The topological polar surface area (TPSA) is 100 Å². The number of nitrogens with one attached hydrogen (secondary N) is 2. The van der Waals surface area contributed by atoms with Crippen molar-refractivity contribution in [2.24, 2.45) is 0 Å². The molecule has 0 amide bonds. The summed E-state index contributed by atoms with van der Waals surface area (Å²) in [6.07, 6.45) is 7.89. The Morgan fingerprint density at radius 3 is 1.76 bits per heavy atom. The van der Waals surface area contributed by atoms with Gasteiger partial charge in [0.25, 0.3) is 5.69 Å². The van der Waals surface area contributed by atoms with E-state index >= 15 is 0 Å². The number of rotatable bonds is 2. The minimum atomic E-state index is -0.394. The van der Waals surface area contributed by atoms with Crippen molar-refractivity contribution in [3.05, 3.63) is 99.6 Å². The molecule has 0 unspecified atom stereocenters. The Bertz CT molecular complexity index is 1640. The number of aromatic nitrogens is 4. The van der Waals surface area contributed by atoms with Crippen LogP contribution in [-0.2, 0) is 0 Å². The van der Waals surface area contributed by atoms with Gasteiger partial charge in [0.15, 0.2) is 0 Å². The molecule has 0 aliphatic carbocycles. The monoisotopic (exact) mass is 431 g/mol. The van der Waals surface area contributed by atoms with Gasteiger partial charge in [-0.15, -0.1) is 0 Å². The molecule has 2 aliphatic rings. The van der Waals surface area contributed by atoms with Gasteiger partial charge in [0, 0.05) is 39.8 Å². The molecular weight excluding hydrogens is 414 g/mol. The number of aromatic amines is 2. The zero-order valence-electron chi connectivity index (χ0n) is 17.3. The Morgan fingerprint density at radius 1 is 0.636 bits per heavy atom. The van der Waals surface area contributed by atoms with Crippen LogP contribution in [0.2, 0.25) is 0 Å². The molecule has 0 atom stereocenters. The van der Waals surface area contributed by atoms with Crippen LogP contribution < -0.4 is 0 Å². The number of benzene rings is 1. The molecule has 2 aliphatic heterocycles. The van der Waals surface area contributed by atoms with Crippen LogP contribution in [0.1, 0.15) is 22.8 Å². The molecule has 158 valence electrons. The van der Waals surface area contributed by atoms with Crippen molar-refractivity contribution < 1.29 is 4.92 Å². The Morgan fingerprint density at radius 2 is 1.18 bits per heavy atom. The van der Waals surface area contributed by atoms with E-state index in [1.807, 2.05) is 66.8 Å². The highest BCUT2D eigenvalue weighted by Crippen LogP contribution is 2.29. The van der Waals surface area contributed by atoms with Crippen LogP contribution in [0.3, 0.4) is 0 Å². The van der Waals surface area contributed by atoms with E-state index in [9.17, 15) is 10.1 Å². The van der Waals surface area contributed by atoms with Gasteiger partial charge in [-0.25, -0.2) is 9.97 Å². The van der Waals surface area contributed by atoms with E-state index in [1.54, 1.807) is 12.1 Å². The molecular formula is C26H17N5O2. The molecule has 7 nitrogen and oxygen atoms in total. The van der Waals surface area contributed by atoms with Crippen LogP contribution in [0, 0.1) is 10.1 Å². The van der Waals surface area contributed by atoms with Gasteiger partial charge >= 0.3 is 0 Å². The van der Waals surface area contributed by atoms with Crippen molar-refractivity contribution in [1.82, 2.24) is 19.9 Å². The average molecular weight is 431 g/mol. The third-order valence-electron chi connectivity index (χ3n) is 5.56. The zero-order valence-corrected chi connectivity index (χ0v) is 17.3. The lowest BCUT2D eigenvalue weighted by atomic mass is 10.1. The lowest BCUT2D eigenvalue weighted by molar-refractivity contribution is -0.384. The van der Waals surface area contributed by atoms with Crippen LogP contribution in [0.4, 0.5) is 5.69 Å². The van der Waals surface area contributed by atoms with Crippen molar-refractivity contribution >= 4 is 52.1 Å². The van der Waals surface area contributed by atoms with E-state index in [4.69, 9.17) is 9.97 Å². The maximum atomic E-state index is 11.1. The van der Waals surface area contributed by atoms with E-state index in [-0.39, 0.29) is 5.69 Å². The highest BCUT2D eigenvalue weighted by molar-refractivity contribution is 5.88. The lowest BCUT2D eigenvalue weighted by Crippen LogP contribution is -1.86. The number of hydrogen-bond acceptors (Lipinski definition) is 4. The number of nitro benzene ring substituents is 1. The number of H-pyrrole nitrogens is 2. The molecule has 8 bridgehead atoms. The van der Waals surface area contributed by atoms with Gasteiger partial charge in [-0.3, -0.25) is 10.1 Å². The first-order valence-corrected chi connectivity index (χ1v) is 10.4. The molecule has 33 heavy (non-hydrogen) atoms. The van der Waals surface area contributed by atoms with Crippen LogP contribution in [0.25, 0.3) is 57.5 Å². The van der Waals surface area contributed by atoms with Crippen LogP contribution in [-0.4, -0.2) is 24.9 Å². The second-order valence-corrected chi connectivity index (χ2v) is 7.89. The summed E-state index contributed by atoms with van der Waals surface area (Å²) in [5.74, 6) is 0. The minimum Gasteiger partial charge on any atom is -0.355 e. The standard InChI is InChI=1S/C26H17N5O2/c32-31(33)24-9-1-16(2-10-24)25-14-23-13-21-6-5-19(28-21)11-17-3-4-18(27-17)12-20-7-8-22(29-20)15-26(25)30-23/h1-15,27,30H. The zero-order chi connectivity index (χ0) is 22.4. The Hall–Kier alpha value is -4.78. The third-order valence-corrected chi connectivity index (χ3v) is 5.56. The van der Waals surface area contributed by atoms with Gasteiger partial charge in [-0.2, -0.15) is 0 Å². The summed E-state index contributed by atoms with van der Waals surface area (Å²) in [6, 6.07) is 20.6. The van der Waals surface area contributed by atoms with E-state index in [2.05, 4.69) is 9.97 Å². The summed E-state index contributed by atoms with van der Waals surface area (Å²) in [7, 11) is 0. The first-order valence-electron chi connectivity index (χ1n) is 10.4. The molecule has 1 aromatic carbocycles. The van der Waals surface area contributed by atoms with Crippen molar-refractivity contribution in [2.45, 2.75) is 0 Å². The normalized spacial score (nSPS) is 12.2. The SMILES string of the molecule is O=[N+]([O-])c1ccc(-c2cc3cc4nc(cc5ccc(cc6nc(cc2[nH]3)C=C6)[nH]5)C=C4)cc1. The van der Waals surface area contributed by atoms with Gasteiger partial charge in [-0.05, 0) is 84.5 Å². The quantitative estimate of drug-likeness (QED) is 0.251. The fourth-order valence-corrected chi connectivity index (χ4v) is 4.02. The fourth-order valence-electron chi connectivity index (χ4n) is 4.02. The van der Waals surface area contributed by atoms with Crippen molar-refractivity contribution in [2.75, 3.05) is 0 Å². The molecule has 6 rings (SSSR count). The maximum absolute atomic E-state index is 11.1. The first kappa shape index (κ1) is 18.9. The Labute approximate surface area is 188 Å². The molecule has 2 N–H and O–H groups in total. The average Bonchev–Trinajstić information content (AvgIpc) is 3.59. The van der Waals surface area contributed by atoms with Crippen molar-refractivity contribution in [3.63, 3.8) is 0 Å². The van der Waals surface area contributed by atoms with Gasteiger partial charge < -0.3 is 9.97 Å². The van der Waals surface area contributed by atoms with E-state index in [0.29, 0.717) is 0 Å². The maximum Gasteiger partial charge on any atom is 0.269 e. The molecule has 0 radical (unpaired) electrons. The second kappa shape index (κ2) is 7.42. The van der Waals surface area contributed by atoms with Crippen molar-refractivity contribution in [1.29, 1.82) is 0 Å². The number of non-ortho nitro benzene ring substituents is 1. The van der Waals surface area contributed by atoms with Gasteiger partial charge in [0.2, 0.25) is 0 Å². The first-order chi connectivity index (χ1) is 16.1. The Kier molecular flexibility index (Phi) is 4.26. The predicted molar refractivity (Wildman–Crippen MR) is 131 cm³/mol. The number of nitrogens with zero attached hydrogens (tertiary/aromatic N) is 3. The second-order valence-electron chi connectivity index (χ2n) is 7.89. The molecule has 0 fully saturated rings. The van der Waals surface area contributed by atoms with E-state index < -0.39 is 4.92 Å². The van der Waals surface area contributed by atoms with Crippen LogP contribution in [0.15, 0.2) is 66.7 Å². The molecule has 0 spiro atoms. The van der Waals surface area contributed by atoms with Crippen LogP contribution in [0.5, 0.6) is 0 Å². The number of hydrogen-bond donors (Lipinski definition) is 2. The highest BCUT2D eigenvalue weighted by Gasteiger charge is 2.09. The van der Waals surface area contributed by atoms with Gasteiger partial charge in [0.05, 0.1) is 27.7 Å². The molecule has 7 heteroatoms. The summed E-state index contributed by atoms with van der Waals surface area (Å²) < 4.78 is 0. The Balaban J connectivity index is 1.62. The molecule has 5 heterocycles. The number of nitro groups is 1. The van der Waals surface area contributed by atoms with Crippen LogP contribution >= 0.6 is 0 Å². The van der Waals surface area contributed by atoms with E-state index in [0.717, 1.165) is 56.0 Å². The van der Waals surface area contributed by atoms with Gasteiger partial charge in [-0.1, -0.05) is 0 Å². The summed E-state index contributed by atoms with van der Waals surface area (Å²) in [4.78, 5) is 26.9. The molecule has 3 aromatic heterocycles. The fraction of sp³-hybridized carbons (Fsp3) is 0. The highest BCUT2D eigenvalue weighted by atomic mass is 16.6. The van der Waals surface area contributed by atoms with Crippen molar-refractivity contribution in [3.8, 4) is 11.1 Å². The minimum absolute atomic E-state index is 0.0621. The van der Waals surface area contributed by atoms with E-state index in [1.165, 1.54) is 12.1 Å². The summed E-state index contributed by atoms with van der Waals surface area (Å²) in [5, 5.41) is 11.1. The predicted octanol–water partition coefficient (Wildman–Crippen LogP) is 6.23. The lowest BCUT2D eigenvalue weighted by Gasteiger charge is -1.98. The summed E-state index contributed by atoms with van der Waals surface area (Å²) in [6.45, 7) is 0. The summed E-state index contributed by atoms with van der Waals surface area (Å²) >= 11 is 0. The molecule has 0 saturated heterocycles. The van der Waals surface area contributed by atoms with Gasteiger partial charge in [0.1, 0.15) is 0 Å². The molecule has 4 aromatic rings. The molecule has 0 saturated carbocycles.